The van der Waals surface area contributed by atoms with Crippen molar-refractivity contribution in [1.82, 2.24) is 14.5 Å². The third-order valence-electron chi connectivity index (χ3n) is 3.76. The highest BCUT2D eigenvalue weighted by molar-refractivity contribution is 7.99. The largest absolute Gasteiger partial charge is 0.450 e. The molecule has 1 aliphatic heterocycles. The summed E-state index contributed by atoms with van der Waals surface area (Å²) in [6, 6.07) is 5.93. The van der Waals surface area contributed by atoms with Gasteiger partial charge in [0.2, 0.25) is 5.82 Å². The van der Waals surface area contributed by atoms with Gasteiger partial charge in [-0.15, -0.1) is 11.8 Å². The maximum absolute atomic E-state index is 13.4. The molecule has 26 heavy (non-hydrogen) atoms. The van der Waals surface area contributed by atoms with E-state index < -0.39 is 29.5 Å². The van der Waals surface area contributed by atoms with Crippen molar-refractivity contribution in [3.63, 3.8) is 0 Å². The summed E-state index contributed by atoms with van der Waals surface area (Å²) in [5, 5.41) is 3.04. The Kier molecular flexibility index (Phi) is 3.62. The zero-order valence-electron chi connectivity index (χ0n) is 12.6. The van der Waals surface area contributed by atoms with E-state index in [1.807, 2.05) is 0 Å². The van der Waals surface area contributed by atoms with Gasteiger partial charge < -0.3 is 5.32 Å². The van der Waals surface area contributed by atoms with Gasteiger partial charge >= 0.3 is 12.4 Å². The Hall–Kier alpha value is -2.43. The first-order valence-electron chi connectivity index (χ1n) is 7.19. The van der Waals surface area contributed by atoms with E-state index in [0.717, 1.165) is 11.8 Å². The summed E-state index contributed by atoms with van der Waals surface area (Å²) in [5.41, 5.74) is -1.25. The number of pyridine rings is 1. The highest BCUT2D eigenvalue weighted by atomic mass is 32.2. The SMILES string of the molecule is FC(F)(F)c1ccc2nc(C(F)(F)F)n(-c3ccc4c(c3)SCN4)c2n1. The maximum Gasteiger partial charge on any atom is 0.450 e. The second-order valence-corrected chi connectivity index (χ2v) is 6.47. The molecule has 0 radical (unpaired) electrons. The lowest BCUT2D eigenvalue weighted by molar-refractivity contribution is -0.145. The van der Waals surface area contributed by atoms with Crippen LogP contribution in [0, 0.1) is 0 Å². The molecular formula is C15H8F6N4S. The number of thioether (sulfide) groups is 1. The van der Waals surface area contributed by atoms with E-state index in [1.165, 1.54) is 23.9 Å². The first kappa shape index (κ1) is 17.0. The number of hydrogen-bond acceptors (Lipinski definition) is 4. The number of aromatic nitrogens is 3. The molecule has 0 saturated carbocycles. The van der Waals surface area contributed by atoms with Crippen molar-refractivity contribution in [1.29, 1.82) is 0 Å². The fourth-order valence-electron chi connectivity index (χ4n) is 2.66. The Morgan fingerprint density at radius 3 is 2.42 bits per heavy atom. The molecule has 2 aromatic heterocycles. The van der Waals surface area contributed by atoms with Crippen molar-refractivity contribution in [2.75, 3.05) is 11.2 Å². The maximum atomic E-state index is 13.4. The summed E-state index contributed by atoms with van der Waals surface area (Å²) in [7, 11) is 0. The van der Waals surface area contributed by atoms with Crippen molar-refractivity contribution in [3.8, 4) is 5.69 Å². The van der Waals surface area contributed by atoms with Gasteiger partial charge in [-0.05, 0) is 30.3 Å². The van der Waals surface area contributed by atoms with E-state index in [1.54, 1.807) is 6.07 Å². The van der Waals surface area contributed by atoms with Crippen LogP contribution in [-0.4, -0.2) is 20.4 Å². The van der Waals surface area contributed by atoms with Gasteiger partial charge in [0.25, 0.3) is 0 Å². The Bertz CT molecular complexity index is 1010. The van der Waals surface area contributed by atoms with Gasteiger partial charge in [-0.1, -0.05) is 0 Å². The van der Waals surface area contributed by atoms with E-state index in [2.05, 4.69) is 15.3 Å². The van der Waals surface area contributed by atoms with Crippen LogP contribution < -0.4 is 5.32 Å². The van der Waals surface area contributed by atoms with E-state index in [-0.39, 0.29) is 11.2 Å². The predicted octanol–water partition coefficient (Wildman–Crippen LogP) is 4.93. The molecule has 11 heteroatoms. The van der Waals surface area contributed by atoms with Gasteiger partial charge in [-0.2, -0.15) is 26.3 Å². The molecule has 136 valence electrons. The second kappa shape index (κ2) is 5.53. The second-order valence-electron chi connectivity index (χ2n) is 5.45. The van der Waals surface area contributed by atoms with Gasteiger partial charge in [0, 0.05) is 10.6 Å². The van der Waals surface area contributed by atoms with Crippen LogP contribution >= 0.6 is 11.8 Å². The third kappa shape index (κ3) is 2.75. The molecule has 3 aromatic rings. The van der Waals surface area contributed by atoms with Crippen molar-refractivity contribution in [2.24, 2.45) is 0 Å². The van der Waals surface area contributed by atoms with Gasteiger partial charge in [0.05, 0.1) is 11.6 Å². The topological polar surface area (TPSA) is 42.7 Å². The van der Waals surface area contributed by atoms with E-state index in [9.17, 15) is 26.3 Å². The minimum absolute atomic E-state index is 0.0431. The van der Waals surface area contributed by atoms with Crippen molar-refractivity contribution >= 4 is 28.6 Å². The third-order valence-corrected chi connectivity index (χ3v) is 4.70. The lowest BCUT2D eigenvalue weighted by Gasteiger charge is -2.12. The molecule has 0 unspecified atom stereocenters. The smallest absolute Gasteiger partial charge is 0.375 e. The Balaban J connectivity index is 2.01. The van der Waals surface area contributed by atoms with Gasteiger partial charge in [0.1, 0.15) is 11.2 Å². The average molecular weight is 390 g/mol. The molecule has 4 nitrogen and oxygen atoms in total. The number of halogens is 6. The number of nitrogens with one attached hydrogen (secondary N) is 1. The lowest BCUT2D eigenvalue weighted by Crippen LogP contribution is -2.14. The molecule has 0 spiro atoms. The van der Waals surface area contributed by atoms with Crippen LogP contribution in [0.4, 0.5) is 32.0 Å². The molecule has 1 N–H and O–H groups in total. The number of imidazole rings is 1. The number of benzene rings is 1. The number of fused-ring (bicyclic) bond motifs is 2. The summed E-state index contributed by atoms with van der Waals surface area (Å²) in [6.45, 7) is 0. The highest BCUT2D eigenvalue weighted by Crippen LogP contribution is 2.39. The number of alkyl halides is 6. The summed E-state index contributed by atoms with van der Waals surface area (Å²) in [4.78, 5) is 7.56. The molecule has 0 atom stereocenters. The molecule has 1 aliphatic rings. The summed E-state index contributed by atoms with van der Waals surface area (Å²) >= 11 is 1.38. The monoisotopic (exact) mass is 390 g/mol. The minimum atomic E-state index is -4.86. The molecule has 0 aliphatic carbocycles. The standard InChI is InChI=1S/C15H8F6N4S/c16-14(17,18)11-4-3-9-12(24-11)25(13(23-9)15(19,20)21)7-1-2-8-10(5-7)26-6-22-8/h1-5,22H,6H2. The molecule has 0 bridgehead atoms. The Morgan fingerprint density at radius 2 is 1.73 bits per heavy atom. The normalized spacial score (nSPS) is 14.5. The molecular weight excluding hydrogens is 382 g/mol. The minimum Gasteiger partial charge on any atom is -0.375 e. The van der Waals surface area contributed by atoms with E-state index in [0.29, 0.717) is 21.4 Å². The van der Waals surface area contributed by atoms with E-state index in [4.69, 9.17) is 0 Å². The molecule has 0 fully saturated rings. The van der Waals surface area contributed by atoms with Crippen LogP contribution in [0.5, 0.6) is 0 Å². The fraction of sp³-hybridized carbons (Fsp3) is 0.200. The highest BCUT2D eigenvalue weighted by Gasteiger charge is 2.40. The number of anilines is 1. The van der Waals surface area contributed by atoms with Gasteiger partial charge in [-0.3, -0.25) is 4.57 Å². The van der Waals surface area contributed by atoms with Crippen LogP contribution in [0.3, 0.4) is 0 Å². The van der Waals surface area contributed by atoms with Gasteiger partial charge in [-0.25, -0.2) is 9.97 Å². The van der Waals surface area contributed by atoms with E-state index >= 15 is 0 Å². The Labute approximate surface area is 146 Å². The van der Waals surface area contributed by atoms with Crippen LogP contribution in [0.15, 0.2) is 35.2 Å². The predicted molar refractivity (Wildman–Crippen MR) is 83.2 cm³/mol. The number of rotatable bonds is 1. The van der Waals surface area contributed by atoms with Gasteiger partial charge in [0.15, 0.2) is 5.65 Å². The number of hydrogen-bond donors (Lipinski definition) is 1. The first-order chi connectivity index (χ1) is 12.1. The first-order valence-corrected chi connectivity index (χ1v) is 8.18. The summed E-state index contributed by atoms with van der Waals surface area (Å²) < 4.78 is 79.7. The summed E-state index contributed by atoms with van der Waals surface area (Å²) in [5.74, 6) is -0.762. The number of nitrogens with zero attached hydrogens (tertiary/aromatic N) is 3. The van der Waals surface area contributed by atoms with Crippen LogP contribution in [0.25, 0.3) is 16.9 Å². The van der Waals surface area contributed by atoms with Crippen LogP contribution in [-0.2, 0) is 12.4 Å². The quantitative estimate of drug-likeness (QED) is 0.598. The zero-order valence-corrected chi connectivity index (χ0v) is 13.4. The van der Waals surface area contributed by atoms with Crippen LogP contribution in [0.2, 0.25) is 0 Å². The molecule has 3 heterocycles. The molecule has 0 amide bonds. The molecule has 0 saturated heterocycles. The van der Waals surface area contributed by atoms with Crippen molar-refractivity contribution in [2.45, 2.75) is 17.2 Å². The van der Waals surface area contributed by atoms with Crippen molar-refractivity contribution in [3.05, 3.63) is 41.9 Å². The molecule has 1 aromatic carbocycles. The van der Waals surface area contributed by atoms with Crippen LogP contribution in [0.1, 0.15) is 11.5 Å². The lowest BCUT2D eigenvalue weighted by atomic mass is 10.2. The Morgan fingerprint density at radius 1 is 0.962 bits per heavy atom. The summed E-state index contributed by atoms with van der Waals surface area (Å²) in [6.07, 6.45) is -9.64. The molecule has 4 rings (SSSR count). The zero-order chi connectivity index (χ0) is 18.7. The van der Waals surface area contributed by atoms with Crippen molar-refractivity contribution < 1.29 is 26.3 Å². The fourth-order valence-corrected chi connectivity index (χ4v) is 3.54. The average Bonchev–Trinajstić information content (AvgIpc) is 3.16.